The van der Waals surface area contributed by atoms with Crippen molar-refractivity contribution in [3.63, 3.8) is 0 Å². The van der Waals surface area contributed by atoms with Gasteiger partial charge in [-0.25, -0.2) is 0 Å². The minimum atomic E-state index is -2.03. The van der Waals surface area contributed by atoms with Crippen molar-refractivity contribution in [2.75, 3.05) is 19.8 Å². The molecule has 0 saturated carbocycles. The number of hydrogen-bond donors (Lipinski definition) is 3. The molecule has 0 aliphatic carbocycles. The predicted octanol–water partition coefficient (Wildman–Crippen LogP) is -0.924. The van der Waals surface area contributed by atoms with Crippen LogP contribution < -0.4 is 5.73 Å². The van der Waals surface area contributed by atoms with Crippen molar-refractivity contribution >= 4 is 5.97 Å². The Labute approximate surface area is 86.2 Å². The standard InChI is InChI=1S/C8H14N2O5/c9-8(5-11,6(12)13)7(10-14)1-3-15-4-2-7/h11H,1-5,9H2,(H,12,13). The first-order valence-corrected chi connectivity index (χ1v) is 4.58. The number of hydrogen-bond acceptors (Lipinski definition) is 6. The Balaban J connectivity index is 3.06. The Morgan fingerprint density at radius 2 is 2.07 bits per heavy atom. The molecule has 0 aromatic heterocycles. The van der Waals surface area contributed by atoms with E-state index in [0.29, 0.717) is 0 Å². The van der Waals surface area contributed by atoms with Crippen LogP contribution in [0.4, 0.5) is 0 Å². The molecule has 1 saturated heterocycles. The number of carbonyl (C=O) groups is 1. The number of aliphatic carboxylic acids is 1. The van der Waals surface area contributed by atoms with Crippen LogP contribution in [0.2, 0.25) is 0 Å². The highest BCUT2D eigenvalue weighted by molar-refractivity contribution is 5.81. The van der Waals surface area contributed by atoms with Crippen molar-refractivity contribution < 1.29 is 19.7 Å². The number of aliphatic hydroxyl groups is 1. The van der Waals surface area contributed by atoms with Gasteiger partial charge < -0.3 is 20.7 Å². The molecule has 15 heavy (non-hydrogen) atoms. The van der Waals surface area contributed by atoms with E-state index in [9.17, 15) is 9.70 Å². The Hall–Kier alpha value is -1.05. The topological polar surface area (TPSA) is 122 Å². The van der Waals surface area contributed by atoms with Crippen LogP contribution in [0.15, 0.2) is 5.18 Å². The van der Waals surface area contributed by atoms with Crippen molar-refractivity contribution in [1.82, 2.24) is 0 Å². The first-order valence-electron chi connectivity index (χ1n) is 4.58. The SMILES string of the molecule is NC(CO)(C(=O)O)C1(N=O)CCOCC1. The summed E-state index contributed by atoms with van der Waals surface area (Å²) in [5, 5.41) is 20.9. The molecule has 1 unspecified atom stereocenters. The molecule has 1 rings (SSSR count). The lowest BCUT2D eigenvalue weighted by atomic mass is 9.73. The molecule has 0 aromatic rings. The molecule has 7 nitrogen and oxygen atoms in total. The summed E-state index contributed by atoms with van der Waals surface area (Å²) in [5.74, 6) is -1.42. The Morgan fingerprint density at radius 3 is 2.40 bits per heavy atom. The molecule has 86 valence electrons. The first kappa shape index (κ1) is 12.0. The fourth-order valence-electron chi connectivity index (χ4n) is 1.74. The predicted molar refractivity (Wildman–Crippen MR) is 50.2 cm³/mol. The molecule has 0 spiro atoms. The fourth-order valence-corrected chi connectivity index (χ4v) is 1.74. The highest BCUT2D eigenvalue weighted by Crippen LogP contribution is 2.34. The number of rotatable bonds is 4. The molecule has 0 aromatic carbocycles. The van der Waals surface area contributed by atoms with Crippen molar-refractivity contribution in [3.05, 3.63) is 4.91 Å². The molecule has 1 fully saturated rings. The van der Waals surface area contributed by atoms with Crippen LogP contribution >= 0.6 is 0 Å². The maximum Gasteiger partial charge on any atom is 0.328 e. The minimum absolute atomic E-state index is 0.111. The summed E-state index contributed by atoms with van der Waals surface area (Å²) >= 11 is 0. The fraction of sp³-hybridized carbons (Fsp3) is 0.875. The molecule has 4 N–H and O–H groups in total. The minimum Gasteiger partial charge on any atom is -0.480 e. The van der Waals surface area contributed by atoms with Gasteiger partial charge >= 0.3 is 5.97 Å². The van der Waals surface area contributed by atoms with E-state index in [1.165, 1.54) is 0 Å². The van der Waals surface area contributed by atoms with Crippen LogP contribution in [-0.2, 0) is 9.53 Å². The van der Waals surface area contributed by atoms with Crippen LogP contribution in [-0.4, -0.2) is 47.1 Å². The third-order valence-electron chi connectivity index (χ3n) is 2.96. The van der Waals surface area contributed by atoms with E-state index < -0.39 is 23.7 Å². The van der Waals surface area contributed by atoms with Gasteiger partial charge in [0.25, 0.3) is 0 Å². The zero-order valence-electron chi connectivity index (χ0n) is 8.18. The van der Waals surface area contributed by atoms with Gasteiger partial charge in [-0.2, -0.15) is 4.91 Å². The van der Waals surface area contributed by atoms with Gasteiger partial charge in [-0.15, -0.1) is 0 Å². The summed E-state index contributed by atoms with van der Waals surface area (Å²) in [5.41, 5.74) is 2.05. The Kier molecular flexibility index (Phi) is 3.38. The monoisotopic (exact) mass is 218 g/mol. The summed E-state index contributed by atoms with van der Waals surface area (Å²) in [4.78, 5) is 21.8. The second kappa shape index (κ2) is 4.21. The average Bonchev–Trinajstić information content (AvgIpc) is 2.28. The van der Waals surface area contributed by atoms with Gasteiger partial charge in [-0.3, -0.25) is 4.79 Å². The number of carboxylic acid groups (broad SMARTS) is 1. The summed E-state index contributed by atoms with van der Waals surface area (Å²) in [7, 11) is 0. The molecule has 0 amide bonds. The summed E-state index contributed by atoms with van der Waals surface area (Å²) in [6.45, 7) is -0.385. The van der Waals surface area contributed by atoms with Crippen LogP contribution in [0.5, 0.6) is 0 Å². The van der Waals surface area contributed by atoms with Crippen LogP contribution in [0.1, 0.15) is 12.8 Å². The maximum atomic E-state index is 11.0. The van der Waals surface area contributed by atoms with Crippen LogP contribution in [0, 0.1) is 4.91 Å². The third-order valence-corrected chi connectivity index (χ3v) is 2.96. The van der Waals surface area contributed by atoms with E-state index >= 15 is 0 Å². The number of ether oxygens (including phenoxy) is 1. The summed E-state index contributed by atoms with van der Waals surface area (Å²) < 4.78 is 5.02. The van der Waals surface area contributed by atoms with Crippen molar-refractivity contribution in [1.29, 1.82) is 0 Å². The molecule has 1 atom stereocenters. The second-order valence-corrected chi connectivity index (χ2v) is 3.67. The van der Waals surface area contributed by atoms with E-state index in [-0.39, 0.29) is 26.1 Å². The number of aliphatic hydroxyl groups excluding tert-OH is 1. The quantitative estimate of drug-likeness (QED) is 0.524. The number of nitrogens with zero attached hydrogens (tertiary/aromatic N) is 1. The van der Waals surface area contributed by atoms with Crippen LogP contribution in [0.3, 0.4) is 0 Å². The molecule has 0 radical (unpaired) electrons. The largest absolute Gasteiger partial charge is 0.480 e. The van der Waals surface area contributed by atoms with E-state index in [1.807, 2.05) is 0 Å². The van der Waals surface area contributed by atoms with Gasteiger partial charge in [-0.1, -0.05) is 5.18 Å². The lowest BCUT2D eigenvalue weighted by Crippen LogP contribution is -2.68. The average molecular weight is 218 g/mol. The third kappa shape index (κ3) is 1.73. The molecule has 1 aliphatic heterocycles. The van der Waals surface area contributed by atoms with Gasteiger partial charge in [0, 0.05) is 26.1 Å². The van der Waals surface area contributed by atoms with Gasteiger partial charge in [0.05, 0.1) is 6.61 Å². The zero-order chi connectivity index (χ0) is 11.5. The number of nitrogens with two attached hydrogens (primary N) is 1. The Bertz CT molecular complexity index is 264. The molecular formula is C8H14N2O5. The van der Waals surface area contributed by atoms with Gasteiger partial charge in [-0.05, 0) is 0 Å². The maximum absolute atomic E-state index is 11.0. The van der Waals surface area contributed by atoms with Crippen LogP contribution in [0.25, 0.3) is 0 Å². The van der Waals surface area contributed by atoms with Crippen molar-refractivity contribution in [2.24, 2.45) is 10.9 Å². The highest BCUT2D eigenvalue weighted by Gasteiger charge is 2.56. The van der Waals surface area contributed by atoms with E-state index in [4.69, 9.17) is 20.7 Å². The molecule has 1 heterocycles. The Morgan fingerprint density at radius 1 is 1.53 bits per heavy atom. The zero-order valence-corrected chi connectivity index (χ0v) is 8.18. The summed E-state index contributed by atoms with van der Waals surface area (Å²) in [6.07, 6.45) is 0.222. The van der Waals surface area contributed by atoms with Gasteiger partial charge in [0.15, 0.2) is 5.54 Å². The molecule has 0 bridgehead atoms. The second-order valence-electron chi connectivity index (χ2n) is 3.67. The first-order chi connectivity index (χ1) is 7.02. The lowest BCUT2D eigenvalue weighted by molar-refractivity contribution is -0.150. The molecule has 1 aliphatic rings. The molecular weight excluding hydrogens is 204 g/mol. The lowest BCUT2D eigenvalue weighted by Gasteiger charge is -2.41. The number of nitroso groups, excluding NO2 is 1. The van der Waals surface area contributed by atoms with Gasteiger partial charge in [0.1, 0.15) is 5.54 Å². The summed E-state index contributed by atoms with van der Waals surface area (Å²) in [6, 6.07) is 0. The normalized spacial score (nSPS) is 24.1. The van der Waals surface area contributed by atoms with Gasteiger partial charge in [0.2, 0.25) is 0 Å². The smallest absolute Gasteiger partial charge is 0.328 e. The van der Waals surface area contributed by atoms with Crippen molar-refractivity contribution in [2.45, 2.75) is 23.9 Å². The van der Waals surface area contributed by atoms with E-state index in [1.54, 1.807) is 0 Å². The number of carboxylic acids is 1. The van der Waals surface area contributed by atoms with E-state index in [2.05, 4.69) is 5.18 Å². The highest BCUT2D eigenvalue weighted by atomic mass is 16.5. The van der Waals surface area contributed by atoms with Crippen molar-refractivity contribution in [3.8, 4) is 0 Å². The molecule has 7 heteroatoms. The van der Waals surface area contributed by atoms with E-state index in [0.717, 1.165) is 0 Å².